The number of benzene rings is 1. The Kier molecular flexibility index (Phi) is 3.06. The molecular formula is C8H6BrIO. The highest BCUT2D eigenvalue weighted by Crippen LogP contribution is 2.22. The normalized spacial score (nSPS) is 9.73. The van der Waals surface area contributed by atoms with E-state index < -0.39 is 0 Å². The van der Waals surface area contributed by atoms with Gasteiger partial charge in [0.25, 0.3) is 0 Å². The van der Waals surface area contributed by atoms with Crippen LogP contribution < -0.4 is 0 Å². The summed E-state index contributed by atoms with van der Waals surface area (Å²) in [5.74, 6) is 0. The molecule has 0 amide bonds. The maximum absolute atomic E-state index is 10.6. The molecule has 0 radical (unpaired) electrons. The Morgan fingerprint density at radius 3 is 2.64 bits per heavy atom. The molecule has 11 heavy (non-hydrogen) atoms. The molecule has 0 spiro atoms. The van der Waals surface area contributed by atoms with E-state index in [1.165, 1.54) is 0 Å². The van der Waals surface area contributed by atoms with E-state index >= 15 is 0 Å². The van der Waals surface area contributed by atoms with Gasteiger partial charge >= 0.3 is 0 Å². The highest BCUT2D eigenvalue weighted by Gasteiger charge is 2.04. The average molecular weight is 325 g/mol. The first-order valence-electron chi connectivity index (χ1n) is 3.06. The summed E-state index contributed by atoms with van der Waals surface area (Å²) < 4.78 is 1.98. The quantitative estimate of drug-likeness (QED) is 0.573. The minimum Gasteiger partial charge on any atom is -0.298 e. The zero-order chi connectivity index (χ0) is 8.43. The zero-order valence-corrected chi connectivity index (χ0v) is 9.64. The molecule has 1 aromatic rings. The summed E-state index contributed by atoms with van der Waals surface area (Å²) in [5, 5.41) is 0. The monoisotopic (exact) mass is 324 g/mol. The SMILES string of the molecule is Cc1c(I)ccc(Br)c1C=O. The van der Waals surface area contributed by atoms with Crippen LogP contribution in [0.2, 0.25) is 0 Å². The molecule has 58 valence electrons. The lowest BCUT2D eigenvalue weighted by molar-refractivity contribution is 0.112. The van der Waals surface area contributed by atoms with Gasteiger partial charge in [0.15, 0.2) is 6.29 Å². The fourth-order valence-corrected chi connectivity index (χ4v) is 1.81. The van der Waals surface area contributed by atoms with E-state index in [0.717, 1.165) is 25.5 Å². The third-order valence-corrected chi connectivity index (χ3v) is 3.37. The van der Waals surface area contributed by atoms with Crippen molar-refractivity contribution in [2.75, 3.05) is 0 Å². The molecule has 0 fully saturated rings. The average Bonchev–Trinajstić information content (AvgIpc) is 1.99. The predicted octanol–water partition coefficient (Wildman–Crippen LogP) is 3.17. The Hall–Kier alpha value is 0.1000. The molecule has 3 heteroatoms. The molecule has 0 saturated carbocycles. The standard InChI is InChI=1S/C8H6BrIO/c1-5-6(4-11)7(9)2-3-8(5)10/h2-4H,1H3. The smallest absolute Gasteiger partial charge is 0.151 e. The molecule has 0 aliphatic heterocycles. The molecule has 0 heterocycles. The van der Waals surface area contributed by atoms with Crippen molar-refractivity contribution in [2.45, 2.75) is 6.92 Å². The molecule has 0 atom stereocenters. The molecule has 0 aliphatic rings. The lowest BCUT2D eigenvalue weighted by Gasteiger charge is -2.02. The van der Waals surface area contributed by atoms with E-state index in [1.54, 1.807) is 0 Å². The maximum atomic E-state index is 10.6. The predicted molar refractivity (Wildman–Crippen MR) is 57.0 cm³/mol. The molecule has 0 saturated heterocycles. The highest BCUT2D eigenvalue weighted by atomic mass is 127. The van der Waals surface area contributed by atoms with Crippen molar-refractivity contribution >= 4 is 44.8 Å². The van der Waals surface area contributed by atoms with Crippen molar-refractivity contribution in [3.63, 3.8) is 0 Å². The van der Waals surface area contributed by atoms with Crippen molar-refractivity contribution in [1.29, 1.82) is 0 Å². The fourth-order valence-electron chi connectivity index (χ4n) is 0.814. The lowest BCUT2D eigenvalue weighted by atomic mass is 10.1. The topological polar surface area (TPSA) is 17.1 Å². The van der Waals surface area contributed by atoms with E-state index in [4.69, 9.17) is 0 Å². The summed E-state index contributed by atoms with van der Waals surface area (Å²) in [6, 6.07) is 3.87. The van der Waals surface area contributed by atoms with E-state index in [1.807, 2.05) is 19.1 Å². The summed E-state index contributed by atoms with van der Waals surface area (Å²) in [6.07, 6.45) is 0.877. The van der Waals surface area contributed by atoms with Crippen LogP contribution in [0.4, 0.5) is 0 Å². The van der Waals surface area contributed by atoms with Gasteiger partial charge in [-0.25, -0.2) is 0 Å². The molecule has 1 nitrogen and oxygen atoms in total. The maximum Gasteiger partial charge on any atom is 0.151 e. The second-order valence-corrected chi connectivity index (χ2v) is 4.20. The number of carbonyl (C=O) groups excluding carboxylic acids is 1. The van der Waals surface area contributed by atoms with E-state index in [-0.39, 0.29) is 0 Å². The third-order valence-electron chi connectivity index (χ3n) is 1.51. The van der Waals surface area contributed by atoms with Gasteiger partial charge in [0, 0.05) is 13.6 Å². The number of hydrogen-bond acceptors (Lipinski definition) is 1. The molecular weight excluding hydrogens is 319 g/mol. The molecule has 0 aromatic heterocycles. The first kappa shape index (κ1) is 9.19. The van der Waals surface area contributed by atoms with Crippen LogP contribution >= 0.6 is 38.5 Å². The van der Waals surface area contributed by atoms with Crippen LogP contribution in [-0.4, -0.2) is 6.29 Å². The summed E-state index contributed by atoms with van der Waals surface area (Å²) in [6.45, 7) is 1.94. The number of rotatable bonds is 1. The van der Waals surface area contributed by atoms with Crippen molar-refractivity contribution in [2.24, 2.45) is 0 Å². The van der Waals surface area contributed by atoms with Crippen molar-refractivity contribution in [3.8, 4) is 0 Å². The van der Waals surface area contributed by atoms with Crippen LogP contribution in [0.5, 0.6) is 0 Å². The van der Waals surface area contributed by atoms with Crippen LogP contribution in [0.3, 0.4) is 0 Å². The van der Waals surface area contributed by atoms with Gasteiger partial charge in [-0.2, -0.15) is 0 Å². The molecule has 0 aliphatic carbocycles. The molecule has 1 rings (SSSR count). The second-order valence-electron chi connectivity index (χ2n) is 2.19. The summed E-state index contributed by atoms with van der Waals surface area (Å²) in [7, 11) is 0. The Morgan fingerprint density at radius 1 is 1.55 bits per heavy atom. The number of halogens is 2. The molecule has 1 aromatic carbocycles. The number of carbonyl (C=O) groups is 1. The highest BCUT2D eigenvalue weighted by molar-refractivity contribution is 14.1. The molecule has 0 unspecified atom stereocenters. The molecule has 0 N–H and O–H groups in total. The van der Waals surface area contributed by atoms with E-state index in [0.29, 0.717) is 0 Å². The van der Waals surface area contributed by atoms with E-state index in [2.05, 4.69) is 38.5 Å². The van der Waals surface area contributed by atoms with Gasteiger partial charge in [0.05, 0.1) is 0 Å². The van der Waals surface area contributed by atoms with Gasteiger partial charge in [-0.15, -0.1) is 0 Å². The van der Waals surface area contributed by atoms with Crippen LogP contribution in [0, 0.1) is 10.5 Å². The lowest BCUT2D eigenvalue weighted by Crippen LogP contribution is -1.90. The summed E-state index contributed by atoms with van der Waals surface area (Å²) in [4.78, 5) is 10.6. The Balaban J connectivity index is 3.40. The zero-order valence-electron chi connectivity index (χ0n) is 5.90. The number of aldehydes is 1. The second kappa shape index (κ2) is 3.67. The van der Waals surface area contributed by atoms with Crippen LogP contribution in [0.1, 0.15) is 15.9 Å². The third kappa shape index (κ3) is 1.82. The number of hydrogen-bond donors (Lipinski definition) is 0. The van der Waals surface area contributed by atoms with Crippen molar-refractivity contribution in [1.82, 2.24) is 0 Å². The van der Waals surface area contributed by atoms with Gasteiger partial charge < -0.3 is 0 Å². The summed E-state index contributed by atoms with van der Waals surface area (Å²) >= 11 is 5.52. The van der Waals surface area contributed by atoms with Gasteiger partial charge in [0.1, 0.15) is 0 Å². The minimum absolute atomic E-state index is 0.747. The Morgan fingerprint density at radius 2 is 2.18 bits per heavy atom. The fraction of sp³-hybridized carbons (Fsp3) is 0.125. The van der Waals surface area contributed by atoms with Gasteiger partial charge in [-0.3, -0.25) is 4.79 Å². The van der Waals surface area contributed by atoms with Crippen LogP contribution in [0.25, 0.3) is 0 Å². The minimum atomic E-state index is 0.747. The first-order chi connectivity index (χ1) is 5.16. The first-order valence-corrected chi connectivity index (χ1v) is 4.93. The van der Waals surface area contributed by atoms with Crippen LogP contribution in [-0.2, 0) is 0 Å². The largest absolute Gasteiger partial charge is 0.298 e. The van der Waals surface area contributed by atoms with Gasteiger partial charge in [-0.05, 0) is 47.2 Å². The van der Waals surface area contributed by atoms with Gasteiger partial charge in [-0.1, -0.05) is 15.9 Å². The van der Waals surface area contributed by atoms with Crippen molar-refractivity contribution < 1.29 is 4.79 Å². The van der Waals surface area contributed by atoms with Crippen molar-refractivity contribution in [3.05, 3.63) is 31.3 Å². The molecule has 0 bridgehead atoms. The van der Waals surface area contributed by atoms with Gasteiger partial charge in [0.2, 0.25) is 0 Å². The summed E-state index contributed by atoms with van der Waals surface area (Å²) in [5.41, 5.74) is 1.78. The van der Waals surface area contributed by atoms with Crippen LogP contribution in [0.15, 0.2) is 16.6 Å². The Bertz CT molecular complexity index is 296. The Labute approximate surface area is 87.5 Å². The van der Waals surface area contributed by atoms with E-state index in [9.17, 15) is 4.79 Å².